The zero-order valence-corrected chi connectivity index (χ0v) is 22.5. The number of hydrogen-bond donors (Lipinski definition) is 2. The van der Waals surface area contributed by atoms with Gasteiger partial charge in [0.15, 0.2) is 5.11 Å². The lowest BCUT2D eigenvalue weighted by atomic mass is 10.0. The molecule has 2 atom stereocenters. The third-order valence-electron chi connectivity index (χ3n) is 6.77. The van der Waals surface area contributed by atoms with E-state index in [9.17, 15) is 9.59 Å². The Morgan fingerprint density at radius 2 is 1.79 bits per heavy atom. The van der Waals surface area contributed by atoms with E-state index in [0.29, 0.717) is 22.9 Å². The molecule has 2 N–H and O–H groups in total. The number of para-hydroxylation sites is 1. The summed E-state index contributed by atoms with van der Waals surface area (Å²) in [5.74, 6) is -0.524. The third-order valence-corrected chi connectivity index (χ3v) is 7.12. The number of benzene rings is 2. The van der Waals surface area contributed by atoms with Crippen LogP contribution in [0.15, 0.2) is 91.3 Å². The highest BCUT2D eigenvalue weighted by Crippen LogP contribution is 2.40. The molecule has 8 nitrogen and oxygen atoms in total. The summed E-state index contributed by atoms with van der Waals surface area (Å²) in [5, 5.41) is 6.92. The number of anilines is 1. The predicted octanol–water partition coefficient (Wildman–Crippen LogP) is 4.97. The highest BCUT2D eigenvalue weighted by molar-refractivity contribution is 7.80. The molecule has 4 aromatic rings. The summed E-state index contributed by atoms with van der Waals surface area (Å²) < 4.78 is 7.01. The van der Waals surface area contributed by atoms with Crippen molar-refractivity contribution in [3.8, 4) is 5.69 Å². The van der Waals surface area contributed by atoms with Gasteiger partial charge in [-0.05, 0) is 67.7 Å². The van der Waals surface area contributed by atoms with Crippen LogP contribution in [0.1, 0.15) is 45.8 Å². The zero-order chi connectivity index (χ0) is 27.4. The summed E-state index contributed by atoms with van der Waals surface area (Å²) >= 11 is 5.78. The molecule has 0 bridgehead atoms. The topological polar surface area (TPSA) is 88.5 Å². The molecular weight excluding hydrogens is 510 g/mol. The van der Waals surface area contributed by atoms with Crippen molar-refractivity contribution in [3.63, 3.8) is 0 Å². The van der Waals surface area contributed by atoms with E-state index >= 15 is 0 Å². The van der Waals surface area contributed by atoms with Crippen molar-refractivity contribution in [2.75, 3.05) is 19.0 Å². The van der Waals surface area contributed by atoms with Crippen molar-refractivity contribution in [1.82, 2.24) is 19.8 Å². The highest BCUT2D eigenvalue weighted by atomic mass is 32.1. The summed E-state index contributed by atoms with van der Waals surface area (Å²) in [4.78, 5) is 32.1. The number of thiocarbonyl (C=S) groups is 1. The van der Waals surface area contributed by atoms with E-state index in [1.54, 1.807) is 18.3 Å². The second-order valence-electron chi connectivity index (χ2n) is 9.30. The summed E-state index contributed by atoms with van der Waals surface area (Å²) in [5.41, 5.74) is 4.74. The van der Waals surface area contributed by atoms with E-state index in [2.05, 4.69) is 15.6 Å². The van der Waals surface area contributed by atoms with Crippen molar-refractivity contribution in [3.05, 3.63) is 114 Å². The Bertz CT molecular complexity index is 1490. The van der Waals surface area contributed by atoms with Gasteiger partial charge in [-0.2, -0.15) is 0 Å². The Morgan fingerprint density at radius 3 is 2.54 bits per heavy atom. The van der Waals surface area contributed by atoms with E-state index < -0.39 is 5.97 Å². The van der Waals surface area contributed by atoms with Gasteiger partial charge >= 0.3 is 5.97 Å². The number of pyridine rings is 1. The van der Waals surface area contributed by atoms with E-state index in [1.807, 2.05) is 89.3 Å². The molecule has 39 heavy (non-hydrogen) atoms. The first-order chi connectivity index (χ1) is 19.0. The zero-order valence-electron chi connectivity index (χ0n) is 21.7. The van der Waals surface area contributed by atoms with Gasteiger partial charge in [-0.15, -0.1) is 0 Å². The Hall–Kier alpha value is -4.50. The minimum Gasteiger partial charge on any atom is -0.465 e. The molecule has 1 amide bonds. The molecule has 0 spiro atoms. The second kappa shape index (κ2) is 11.5. The molecular formula is C30H29N5O3S. The maximum atomic E-state index is 12.9. The van der Waals surface area contributed by atoms with Crippen molar-refractivity contribution >= 4 is 34.9 Å². The molecule has 198 valence electrons. The van der Waals surface area contributed by atoms with Gasteiger partial charge in [0.05, 0.1) is 36.1 Å². The molecule has 1 aliphatic heterocycles. The number of hydrogen-bond acceptors (Lipinski definition) is 5. The predicted molar refractivity (Wildman–Crippen MR) is 154 cm³/mol. The van der Waals surface area contributed by atoms with Crippen LogP contribution in [-0.4, -0.2) is 45.1 Å². The van der Waals surface area contributed by atoms with Crippen LogP contribution in [0.5, 0.6) is 0 Å². The van der Waals surface area contributed by atoms with Gasteiger partial charge in [-0.3, -0.25) is 9.78 Å². The fraction of sp³-hybridized carbons (Fsp3) is 0.200. The maximum absolute atomic E-state index is 12.9. The second-order valence-corrected chi connectivity index (χ2v) is 9.68. The number of esters is 1. The van der Waals surface area contributed by atoms with E-state index in [-0.39, 0.29) is 24.4 Å². The standard InChI is InChI=1S/C30H29N5O3S/c1-20-12-14-21(15-13-20)32-26(36)16-19-35-28(27(33-30(35)39)23-9-5-6-17-31-23)25-11-7-18-34(25)24-10-4-3-8-22(24)29(37)38-2/h3-15,17-18,27-28H,16,19H2,1-2H3,(H,32,36)(H,33,39)/t27-,28+/m1/s1. The average molecular weight is 540 g/mol. The quantitative estimate of drug-likeness (QED) is 0.241. The van der Waals surface area contributed by atoms with Crippen molar-refractivity contribution in [2.24, 2.45) is 0 Å². The summed E-state index contributed by atoms with van der Waals surface area (Å²) in [7, 11) is 1.37. The fourth-order valence-corrected chi connectivity index (χ4v) is 5.20. The Kier molecular flexibility index (Phi) is 7.69. The van der Waals surface area contributed by atoms with Gasteiger partial charge in [0.2, 0.25) is 5.91 Å². The number of ether oxygens (including phenoxy) is 1. The fourth-order valence-electron chi connectivity index (χ4n) is 4.87. The van der Waals surface area contributed by atoms with Crippen molar-refractivity contribution in [2.45, 2.75) is 25.4 Å². The molecule has 0 aliphatic carbocycles. The molecule has 1 fully saturated rings. The number of aromatic nitrogens is 2. The van der Waals surface area contributed by atoms with Crippen LogP contribution in [0, 0.1) is 6.92 Å². The SMILES string of the molecule is COC(=O)c1ccccc1-n1cccc1[C@H]1[C@@H](c2ccccn2)NC(=S)N1CCC(=O)Nc1ccc(C)cc1. The minimum absolute atomic E-state index is 0.104. The van der Waals surface area contributed by atoms with Gasteiger partial charge in [-0.1, -0.05) is 35.9 Å². The van der Waals surface area contributed by atoms with Crippen LogP contribution in [0.25, 0.3) is 5.69 Å². The molecule has 0 saturated carbocycles. The molecule has 3 heterocycles. The summed E-state index contributed by atoms with van der Waals surface area (Å²) in [6, 6.07) is 24.2. The molecule has 1 aliphatic rings. The number of nitrogens with one attached hydrogen (secondary N) is 2. The highest BCUT2D eigenvalue weighted by Gasteiger charge is 2.41. The number of aryl methyl sites for hydroxylation is 1. The van der Waals surface area contributed by atoms with Crippen LogP contribution in [-0.2, 0) is 9.53 Å². The van der Waals surface area contributed by atoms with E-state index in [0.717, 1.165) is 22.6 Å². The molecule has 2 aromatic heterocycles. The molecule has 0 radical (unpaired) electrons. The Morgan fingerprint density at radius 1 is 1.03 bits per heavy atom. The molecule has 0 unspecified atom stereocenters. The number of carbonyl (C=O) groups is 2. The normalized spacial score (nSPS) is 16.6. The van der Waals surface area contributed by atoms with Crippen LogP contribution in [0.4, 0.5) is 5.69 Å². The first kappa shape index (κ1) is 26.1. The number of carbonyl (C=O) groups excluding carboxylic acids is 2. The van der Waals surface area contributed by atoms with Gasteiger partial charge in [-0.25, -0.2) is 4.79 Å². The summed E-state index contributed by atoms with van der Waals surface area (Å²) in [6.07, 6.45) is 3.90. The van der Waals surface area contributed by atoms with Gasteiger partial charge in [0, 0.05) is 36.7 Å². The molecule has 9 heteroatoms. The molecule has 2 aromatic carbocycles. The van der Waals surface area contributed by atoms with Crippen molar-refractivity contribution < 1.29 is 14.3 Å². The van der Waals surface area contributed by atoms with Gasteiger partial charge in [0.25, 0.3) is 0 Å². The average Bonchev–Trinajstić information content (AvgIpc) is 3.57. The van der Waals surface area contributed by atoms with Crippen LogP contribution in [0.3, 0.4) is 0 Å². The Labute approximate surface area is 232 Å². The van der Waals surface area contributed by atoms with Crippen LogP contribution < -0.4 is 10.6 Å². The number of rotatable bonds is 8. The number of amides is 1. The minimum atomic E-state index is -0.420. The lowest BCUT2D eigenvalue weighted by Crippen LogP contribution is -2.33. The number of nitrogens with zero attached hydrogens (tertiary/aromatic N) is 3. The smallest absolute Gasteiger partial charge is 0.339 e. The first-order valence-electron chi connectivity index (χ1n) is 12.7. The first-order valence-corrected chi connectivity index (χ1v) is 13.1. The Balaban J connectivity index is 1.48. The van der Waals surface area contributed by atoms with E-state index in [1.165, 1.54) is 7.11 Å². The third kappa shape index (κ3) is 5.53. The molecule has 1 saturated heterocycles. The largest absolute Gasteiger partial charge is 0.465 e. The lowest BCUT2D eigenvalue weighted by molar-refractivity contribution is -0.116. The van der Waals surface area contributed by atoms with E-state index in [4.69, 9.17) is 17.0 Å². The molecule has 5 rings (SSSR count). The van der Waals surface area contributed by atoms with Crippen LogP contribution in [0.2, 0.25) is 0 Å². The maximum Gasteiger partial charge on any atom is 0.339 e. The summed E-state index contributed by atoms with van der Waals surface area (Å²) in [6.45, 7) is 2.39. The van der Waals surface area contributed by atoms with Gasteiger partial charge in [0.1, 0.15) is 0 Å². The lowest BCUT2D eigenvalue weighted by Gasteiger charge is -2.29. The van der Waals surface area contributed by atoms with Gasteiger partial charge < -0.3 is 24.8 Å². The number of methoxy groups -OCH3 is 1. The van der Waals surface area contributed by atoms with Crippen molar-refractivity contribution in [1.29, 1.82) is 0 Å². The monoisotopic (exact) mass is 539 g/mol. The van der Waals surface area contributed by atoms with Crippen LogP contribution >= 0.6 is 12.2 Å².